The van der Waals surface area contributed by atoms with Gasteiger partial charge in [0.2, 0.25) is 0 Å². The number of hydrogen-bond acceptors (Lipinski definition) is 5. The number of rotatable bonds is 4. The maximum atomic E-state index is 12.0. The van der Waals surface area contributed by atoms with Gasteiger partial charge in [0.15, 0.2) is 10.8 Å². The summed E-state index contributed by atoms with van der Waals surface area (Å²) >= 11 is 13.5. The molecule has 0 saturated heterocycles. The van der Waals surface area contributed by atoms with E-state index in [0.29, 0.717) is 15.7 Å². The van der Waals surface area contributed by atoms with Crippen molar-refractivity contribution in [3.8, 4) is 0 Å². The lowest BCUT2D eigenvalue weighted by Gasteiger charge is -2.09. The summed E-state index contributed by atoms with van der Waals surface area (Å²) in [6.07, 6.45) is 1.72. The number of anilines is 1. The molecule has 2 aromatic carbocycles. The van der Waals surface area contributed by atoms with Gasteiger partial charge in [-0.3, -0.25) is 15.2 Å². The maximum Gasteiger partial charge on any atom is 0.186 e. The van der Waals surface area contributed by atoms with Crippen LogP contribution in [0.1, 0.15) is 6.92 Å². The Kier molecular flexibility index (Phi) is 5.58. The molecular formula is C18H13Cl2N3OS. The largest absolute Gasteiger partial charge is 0.292 e. The number of Topliss-reactive ketones (excluding diaryl/α,β-unsaturated/α-hetero) is 1. The lowest BCUT2D eigenvalue weighted by atomic mass is 10.2. The highest BCUT2D eigenvalue weighted by Crippen LogP contribution is 2.31. The standard InChI is InChI=1S/C18H13Cl2N3OS/c1-11(24)18(23-22-17-13(19)7-3-8-14(17)20)25-15-9-2-5-12-6-4-10-21-16(12)15/h2-10,22H,1H3/b23-18-. The maximum absolute atomic E-state index is 12.0. The zero-order valence-electron chi connectivity index (χ0n) is 13.2. The number of ketones is 1. The van der Waals surface area contributed by atoms with Gasteiger partial charge in [-0.1, -0.05) is 59.2 Å². The number of hydrogen-bond donors (Lipinski definition) is 1. The third-order valence-corrected chi connectivity index (χ3v) is 5.09. The topological polar surface area (TPSA) is 54.4 Å². The fourth-order valence-electron chi connectivity index (χ4n) is 2.15. The molecule has 1 N–H and O–H groups in total. The number of benzene rings is 2. The summed E-state index contributed by atoms with van der Waals surface area (Å²) in [5.74, 6) is -0.173. The first kappa shape index (κ1) is 17.7. The number of carbonyl (C=O) groups excluding carboxylic acids is 1. The van der Waals surface area contributed by atoms with Gasteiger partial charge in [0, 0.05) is 23.4 Å². The molecule has 25 heavy (non-hydrogen) atoms. The second-order valence-electron chi connectivity index (χ2n) is 5.11. The molecule has 0 aliphatic rings. The molecule has 3 rings (SSSR count). The van der Waals surface area contributed by atoms with Crippen LogP contribution < -0.4 is 5.43 Å². The van der Waals surface area contributed by atoms with E-state index in [1.54, 1.807) is 24.4 Å². The molecule has 7 heteroatoms. The van der Waals surface area contributed by atoms with E-state index in [1.165, 1.54) is 18.7 Å². The zero-order chi connectivity index (χ0) is 17.8. The number of hydrazone groups is 1. The molecule has 1 aromatic heterocycles. The SMILES string of the molecule is CC(=O)/C(=N/Nc1c(Cl)cccc1Cl)Sc1cccc2cccnc12. The molecule has 126 valence electrons. The van der Waals surface area contributed by atoms with Crippen LogP contribution in [0.2, 0.25) is 10.0 Å². The minimum Gasteiger partial charge on any atom is -0.292 e. The Morgan fingerprint density at radius 1 is 1.08 bits per heavy atom. The van der Waals surface area contributed by atoms with Crippen molar-refractivity contribution < 1.29 is 4.79 Å². The van der Waals surface area contributed by atoms with Crippen LogP contribution >= 0.6 is 35.0 Å². The van der Waals surface area contributed by atoms with Crippen molar-refractivity contribution in [2.75, 3.05) is 5.43 Å². The van der Waals surface area contributed by atoms with Crippen molar-refractivity contribution in [2.45, 2.75) is 11.8 Å². The Morgan fingerprint density at radius 2 is 1.76 bits per heavy atom. The summed E-state index contributed by atoms with van der Waals surface area (Å²) < 4.78 is 0. The number of thioether (sulfide) groups is 1. The molecule has 0 saturated carbocycles. The molecule has 1 heterocycles. The Bertz CT molecular complexity index is 950. The van der Waals surface area contributed by atoms with Crippen LogP contribution in [-0.2, 0) is 4.79 Å². The van der Waals surface area contributed by atoms with Crippen LogP contribution in [0, 0.1) is 0 Å². The van der Waals surface area contributed by atoms with Crippen molar-refractivity contribution in [1.29, 1.82) is 0 Å². The van der Waals surface area contributed by atoms with Gasteiger partial charge < -0.3 is 0 Å². The number of aromatic nitrogens is 1. The van der Waals surface area contributed by atoms with E-state index in [0.717, 1.165) is 15.8 Å². The number of pyridine rings is 1. The summed E-state index contributed by atoms with van der Waals surface area (Å²) in [5, 5.41) is 6.34. The van der Waals surface area contributed by atoms with Crippen molar-refractivity contribution in [2.24, 2.45) is 5.10 Å². The van der Waals surface area contributed by atoms with E-state index in [1.807, 2.05) is 30.3 Å². The molecule has 0 unspecified atom stereocenters. The molecule has 0 atom stereocenters. The van der Waals surface area contributed by atoms with E-state index in [-0.39, 0.29) is 10.8 Å². The smallest absolute Gasteiger partial charge is 0.186 e. The third-order valence-electron chi connectivity index (χ3n) is 3.34. The molecule has 0 spiro atoms. The van der Waals surface area contributed by atoms with Crippen molar-refractivity contribution in [3.63, 3.8) is 0 Å². The van der Waals surface area contributed by atoms with Crippen LogP contribution in [0.15, 0.2) is 64.7 Å². The molecule has 0 radical (unpaired) electrons. The minimum atomic E-state index is -0.173. The van der Waals surface area contributed by atoms with Gasteiger partial charge >= 0.3 is 0 Å². The predicted molar refractivity (Wildman–Crippen MR) is 106 cm³/mol. The van der Waals surface area contributed by atoms with E-state index in [9.17, 15) is 4.79 Å². The number of nitrogens with one attached hydrogen (secondary N) is 1. The van der Waals surface area contributed by atoms with Crippen LogP contribution in [0.3, 0.4) is 0 Å². The van der Waals surface area contributed by atoms with Gasteiger partial charge in [0.05, 0.1) is 21.2 Å². The highest BCUT2D eigenvalue weighted by Gasteiger charge is 2.13. The molecule has 0 fully saturated rings. The Morgan fingerprint density at radius 3 is 2.48 bits per heavy atom. The van der Waals surface area contributed by atoms with Gasteiger partial charge in [0.25, 0.3) is 0 Å². The van der Waals surface area contributed by atoms with Crippen molar-refractivity contribution in [1.82, 2.24) is 4.98 Å². The summed E-state index contributed by atoms with van der Waals surface area (Å²) in [6, 6.07) is 14.8. The lowest BCUT2D eigenvalue weighted by molar-refractivity contribution is -0.110. The van der Waals surface area contributed by atoms with Gasteiger partial charge in [-0.25, -0.2) is 0 Å². The van der Waals surface area contributed by atoms with E-state index in [2.05, 4.69) is 15.5 Å². The molecule has 4 nitrogen and oxygen atoms in total. The lowest BCUT2D eigenvalue weighted by Crippen LogP contribution is -2.08. The summed E-state index contributed by atoms with van der Waals surface area (Å²) in [7, 11) is 0. The van der Waals surface area contributed by atoms with Crippen molar-refractivity contribution >= 4 is 62.4 Å². The normalized spacial score (nSPS) is 11.6. The number of nitrogens with zero attached hydrogens (tertiary/aromatic N) is 2. The molecule has 0 amide bonds. The predicted octanol–water partition coefficient (Wildman–Crippen LogP) is 5.65. The van der Waals surface area contributed by atoms with Crippen LogP contribution in [0.5, 0.6) is 0 Å². The fraction of sp³-hybridized carbons (Fsp3) is 0.0556. The zero-order valence-corrected chi connectivity index (χ0v) is 15.5. The van der Waals surface area contributed by atoms with Crippen LogP contribution in [0.4, 0.5) is 5.69 Å². The van der Waals surface area contributed by atoms with E-state index >= 15 is 0 Å². The molecule has 0 aliphatic heterocycles. The van der Waals surface area contributed by atoms with Gasteiger partial charge in [0.1, 0.15) is 0 Å². The molecular weight excluding hydrogens is 377 g/mol. The quantitative estimate of drug-likeness (QED) is 0.271. The molecule has 0 bridgehead atoms. The van der Waals surface area contributed by atoms with Gasteiger partial charge in [-0.2, -0.15) is 5.10 Å². The molecule has 0 aliphatic carbocycles. The number of para-hydroxylation sites is 2. The second kappa shape index (κ2) is 7.87. The Labute approximate surface area is 159 Å². The first-order chi connectivity index (χ1) is 12.1. The summed E-state index contributed by atoms with van der Waals surface area (Å²) in [5.41, 5.74) is 4.07. The van der Waals surface area contributed by atoms with Gasteiger partial charge in [-0.05, 0) is 24.3 Å². The summed E-state index contributed by atoms with van der Waals surface area (Å²) in [6.45, 7) is 1.46. The highest BCUT2D eigenvalue weighted by molar-refractivity contribution is 8.15. The number of carbonyl (C=O) groups is 1. The Hall–Kier alpha value is -2.08. The van der Waals surface area contributed by atoms with Crippen LogP contribution in [0.25, 0.3) is 10.9 Å². The highest BCUT2D eigenvalue weighted by atomic mass is 35.5. The van der Waals surface area contributed by atoms with E-state index < -0.39 is 0 Å². The number of halogens is 2. The first-order valence-electron chi connectivity index (χ1n) is 7.36. The average Bonchev–Trinajstić information content (AvgIpc) is 2.60. The fourth-order valence-corrected chi connectivity index (χ4v) is 3.49. The first-order valence-corrected chi connectivity index (χ1v) is 8.94. The number of fused-ring (bicyclic) bond motifs is 1. The van der Waals surface area contributed by atoms with E-state index in [4.69, 9.17) is 23.2 Å². The van der Waals surface area contributed by atoms with Crippen LogP contribution in [-0.4, -0.2) is 15.8 Å². The van der Waals surface area contributed by atoms with Gasteiger partial charge in [-0.15, -0.1) is 0 Å². The second-order valence-corrected chi connectivity index (χ2v) is 6.96. The Balaban J connectivity index is 1.92. The minimum absolute atomic E-state index is 0.173. The molecule has 3 aromatic rings. The summed E-state index contributed by atoms with van der Waals surface area (Å²) in [4.78, 5) is 17.2. The van der Waals surface area contributed by atoms with Crippen molar-refractivity contribution in [3.05, 3.63) is 64.8 Å². The third kappa shape index (κ3) is 4.12. The monoisotopic (exact) mass is 389 g/mol. The average molecular weight is 390 g/mol.